The highest BCUT2D eigenvalue weighted by Crippen LogP contribution is 2.28. The lowest BCUT2D eigenvalue weighted by molar-refractivity contribution is -0.123. The zero-order chi connectivity index (χ0) is 26.2. The summed E-state index contributed by atoms with van der Waals surface area (Å²) < 4.78 is 7.72. The van der Waals surface area contributed by atoms with Crippen LogP contribution in [0.2, 0.25) is 0 Å². The van der Waals surface area contributed by atoms with Crippen molar-refractivity contribution in [3.8, 4) is 11.8 Å². The van der Waals surface area contributed by atoms with E-state index in [1.807, 2.05) is 19.1 Å². The Morgan fingerprint density at radius 1 is 1.19 bits per heavy atom. The molecule has 1 heterocycles. The summed E-state index contributed by atoms with van der Waals surface area (Å²) in [5.74, 6) is 1.00. The van der Waals surface area contributed by atoms with Crippen molar-refractivity contribution in [2.75, 3.05) is 25.0 Å². The van der Waals surface area contributed by atoms with Crippen molar-refractivity contribution >= 4 is 40.3 Å². The second-order valence-corrected chi connectivity index (χ2v) is 10.0. The van der Waals surface area contributed by atoms with Crippen molar-refractivity contribution in [3.05, 3.63) is 55.6 Å². The Morgan fingerprint density at radius 3 is 2.59 bits per heavy atom. The third-order valence-electron chi connectivity index (χ3n) is 5.95. The highest BCUT2D eigenvalue weighted by Gasteiger charge is 2.22. The number of ether oxygens (including phenoxy) is 1. The minimum Gasteiger partial charge on any atom is -0.484 e. The summed E-state index contributed by atoms with van der Waals surface area (Å²) in [5, 5.41) is 18.1. The molecule has 2 aliphatic rings. The van der Waals surface area contributed by atoms with Gasteiger partial charge in [0.05, 0.1) is 0 Å². The van der Waals surface area contributed by atoms with Crippen molar-refractivity contribution in [1.82, 2.24) is 15.2 Å². The predicted octanol–water partition coefficient (Wildman–Crippen LogP) is 1.20. The molecule has 37 heavy (non-hydrogen) atoms. The maximum absolute atomic E-state index is 12.8. The number of aromatic nitrogens is 1. The zero-order valence-corrected chi connectivity index (χ0v) is 21.5. The van der Waals surface area contributed by atoms with Crippen molar-refractivity contribution in [1.29, 1.82) is 5.26 Å². The van der Waals surface area contributed by atoms with E-state index in [-0.39, 0.29) is 23.6 Å². The molecule has 0 unspecified atom stereocenters. The first-order valence-electron chi connectivity index (χ1n) is 12.4. The monoisotopic (exact) mass is 519 g/mol. The molecule has 1 aromatic heterocycles. The number of benzene rings is 1. The van der Waals surface area contributed by atoms with Gasteiger partial charge < -0.3 is 20.7 Å². The number of nitrogens with zero attached hydrogens (tertiary/aromatic N) is 2. The van der Waals surface area contributed by atoms with Gasteiger partial charge in [0.2, 0.25) is 0 Å². The van der Waals surface area contributed by atoms with Crippen LogP contribution in [0.25, 0.3) is 11.5 Å². The van der Waals surface area contributed by atoms with Gasteiger partial charge in [0, 0.05) is 37.6 Å². The first-order valence-corrected chi connectivity index (χ1v) is 13.2. The van der Waals surface area contributed by atoms with E-state index in [1.165, 1.54) is 23.6 Å². The van der Waals surface area contributed by atoms with Crippen LogP contribution in [-0.4, -0.2) is 36.1 Å². The molecular formula is C27H29N5O4S. The van der Waals surface area contributed by atoms with Gasteiger partial charge in [-0.1, -0.05) is 28.9 Å². The average molecular weight is 520 g/mol. The summed E-state index contributed by atoms with van der Waals surface area (Å²) in [7, 11) is 0. The Hall–Kier alpha value is -4.02. The second-order valence-electron chi connectivity index (χ2n) is 9.05. The van der Waals surface area contributed by atoms with Gasteiger partial charge in [-0.15, -0.1) is 0 Å². The van der Waals surface area contributed by atoms with E-state index < -0.39 is 5.91 Å². The Morgan fingerprint density at radius 2 is 1.92 bits per heavy atom. The van der Waals surface area contributed by atoms with Crippen LogP contribution in [-0.2, 0) is 16.1 Å². The Balaban J connectivity index is 1.48. The summed E-state index contributed by atoms with van der Waals surface area (Å²) in [6, 6.07) is 8.99. The van der Waals surface area contributed by atoms with Crippen LogP contribution in [0.1, 0.15) is 32.6 Å². The van der Waals surface area contributed by atoms with Gasteiger partial charge in [-0.3, -0.25) is 19.0 Å². The Bertz CT molecular complexity index is 1460. The molecular weight excluding hydrogens is 490 g/mol. The fourth-order valence-corrected chi connectivity index (χ4v) is 4.40. The molecule has 0 atom stereocenters. The lowest BCUT2D eigenvalue weighted by atomic mass is 10.3. The van der Waals surface area contributed by atoms with Crippen LogP contribution < -0.4 is 35.4 Å². The molecule has 2 aromatic rings. The van der Waals surface area contributed by atoms with Crippen LogP contribution in [0.15, 0.2) is 40.8 Å². The van der Waals surface area contributed by atoms with Gasteiger partial charge in [0.1, 0.15) is 21.0 Å². The number of hydrogen-bond acceptors (Lipinski definition) is 7. The lowest BCUT2D eigenvalue weighted by Gasteiger charge is -2.08. The first-order chi connectivity index (χ1) is 18.0. The first kappa shape index (κ1) is 26.1. The molecule has 2 aliphatic carbocycles. The summed E-state index contributed by atoms with van der Waals surface area (Å²) in [6.07, 6.45) is 6.03. The highest BCUT2D eigenvalue weighted by molar-refractivity contribution is 7.07. The molecule has 0 spiro atoms. The second kappa shape index (κ2) is 12.3. The number of anilines is 1. The number of amides is 2. The number of rotatable bonds is 11. The lowest BCUT2D eigenvalue weighted by Crippen LogP contribution is -2.30. The van der Waals surface area contributed by atoms with Gasteiger partial charge in [-0.25, -0.2) is 0 Å². The number of nitriles is 1. The van der Waals surface area contributed by atoms with E-state index in [0.29, 0.717) is 52.1 Å². The summed E-state index contributed by atoms with van der Waals surface area (Å²) >= 11 is 1.11. The van der Waals surface area contributed by atoms with Crippen molar-refractivity contribution in [2.24, 2.45) is 11.8 Å². The maximum Gasteiger partial charge on any atom is 0.277 e. The Labute approximate surface area is 218 Å². The van der Waals surface area contributed by atoms with Crippen LogP contribution in [0, 0.1) is 23.2 Å². The van der Waals surface area contributed by atoms with E-state index in [1.54, 1.807) is 18.2 Å². The fraction of sp³-hybridized carbons (Fsp3) is 0.407. The number of hydrogen-bond donors (Lipinski definition) is 3. The van der Waals surface area contributed by atoms with E-state index in [0.717, 1.165) is 24.2 Å². The number of nitrogens with one attached hydrogen (secondary N) is 3. The fourth-order valence-electron chi connectivity index (χ4n) is 3.41. The molecule has 0 saturated heterocycles. The molecule has 192 valence electrons. The van der Waals surface area contributed by atoms with Crippen LogP contribution >= 0.6 is 11.3 Å². The maximum atomic E-state index is 12.8. The molecule has 9 nitrogen and oxygen atoms in total. The van der Waals surface area contributed by atoms with E-state index in [4.69, 9.17) is 4.74 Å². The highest BCUT2D eigenvalue weighted by atomic mass is 32.1. The molecule has 10 heteroatoms. The van der Waals surface area contributed by atoms with Crippen molar-refractivity contribution in [2.45, 2.75) is 39.2 Å². The van der Waals surface area contributed by atoms with Crippen molar-refractivity contribution < 1.29 is 14.3 Å². The molecule has 0 aliphatic heterocycles. The predicted molar refractivity (Wildman–Crippen MR) is 141 cm³/mol. The molecule has 2 amide bonds. The Kier molecular flexibility index (Phi) is 8.65. The smallest absolute Gasteiger partial charge is 0.277 e. The average Bonchev–Trinajstić information content (AvgIpc) is 3.83. The van der Waals surface area contributed by atoms with Gasteiger partial charge in [-0.2, -0.15) is 5.26 Å². The molecule has 2 fully saturated rings. The molecule has 0 radical (unpaired) electrons. The molecule has 2 saturated carbocycles. The van der Waals surface area contributed by atoms with Gasteiger partial charge in [-0.05, 0) is 56.6 Å². The minimum atomic E-state index is -0.483. The number of carbonyl (C=O) groups is 2. The van der Waals surface area contributed by atoms with Crippen LogP contribution in [0.3, 0.4) is 0 Å². The summed E-state index contributed by atoms with van der Waals surface area (Å²) in [5.41, 5.74) is 6.01. The topological polar surface area (TPSA) is 125 Å². The third-order valence-corrected chi connectivity index (χ3v) is 6.96. The standard InChI is InChI=1S/C27H29N5O4S/c1-2-32-25(12-20(14-28)26(34)31-16-19-8-9-19)37-23(27(32)35)10-11-29-21-4-3-5-22(13-21)36-17-24(33)30-15-18-6-7-18/h3-5,11,13,18-19,29H,2,6-9,15-17H2,1H3,(H,30,33)(H,31,34). The number of thiazole rings is 1. The molecule has 4 rings (SSSR count). The summed E-state index contributed by atoms with van der Waals surface area (Å²) in [4.78, 5) is 37.0. The van der Waals surface area contributed by atoms with E-state index >= 15 is 0 Å². The normalized spacial score (nSPS) is 13.9. The van der Waals surface area contributed by atoms with E-state index in [9.17, 15) is 19.6 Å². The van der Waals surface area contributed by atoms with E-state index in [2.05, 4.69) is 27.4 Å². The molecule has 3 N–H and O–H groups in total. The quantitative estimate of drug-likeness (QED) is 0.303. The van der Waals surface area contributed by atoms with Gasteiger partial charge in [0.15, 0.2) is 12.2 Å². The van der Waals surface area contributed by atoms with Gasteiger partial charge in [0.25, 0.3) is 17.4 Å². The van der Waals surface area contributed by atoms with Crippen molar-refractivity contribution in [3.63, 3.8) is 0 Å². The van der Waals surface area contributed by atoms with Gasteiger partial charge >= 0.3 is 0 Å². The summed E-state index contributed by atoms with van der Waals surface area (Å²) in [6.45, 7) is 3.36. The molecule has 0 bridgehead atoms. The molecule has 1 aromatic carbocycles. The SMILES string of the molecule is CCn1c(=C=C(C#N)C(=O)NCC2CC2)sc(=C=CNc2cccc(OCC(=O)NCC3CC3)c2)c1=O. The zero-order valence-electron chi connectivity index (χ0n) is 20.6. The minimum absolute atomic E-state index is 0.0556. The number of carbonyl (C=O) groups excluding carboxylic acids is 2. The third kappa shape index (κ3) is 7.73. The van der Waals surface area contributed by atoms with Crippen LogP contribution in [0.4, 0.5) is 5.69 Å². The van der Waals surface area contributed by atoms with Crippen LogP contribution in [0.5, 0.6) is 5.75 Å². The largest absolute Gasteiger partial charge is 0.484 e.